The van der Waals surface area contributed by atoms with Crippen LogP contribution < -0.4 is 0 Å². The zero-order valence-electron chi connectivity index (χ0n) is 8.37. The maximum absolute atomic E-state index is 11.2. The van der Waals surface area contributed by atoms with Crippen LogP contribution in [-0.4, -0.2) is 11.6 Å². The number of fused-ring (bicyclic) bond motifs is 2. The lowest BCUT2D eigenvalue weighted by molar-refractivity contribution is -0.155. The fraction of sp³-hybridized carbons (Fsp3) is 0.583. The molecule has 0 amide bonds. The molecule has 0 N–H and O–H groups in total. The molecule has 2 fully saturated rings. The summed E-state index contributed by atoms with van der Waals surface area (Å²) in [5, 5.41) is 0. The van der Waals surface area contributed by atoms with E-state index in [4.69, 9.17) is 4.74 Å². The van der Waals surface area contributed by atoms with E-state index >= 15 is 0 Å². The number of esters is 1. The molecule has 2 aliphatic rings. The first-order chi connectivity index (χ1) is 6.70. The van der Waals surface area contributed by atoms with E-state index in [1.807, 2.05) is 6.08 Å². The van der Waals surface area contributed by atoms with Crippen molar-refractivity contribution in [2.75, 3.05) is 0 Å². The largest absolute Gasteiger partial charge is 0.455 e. The second-order valence-electron chi connectivity index (χ2n) is 4.38. The van der Waals surface area contributed by atoms with Gasteiger partial charge in [-0.15, -0.1) is 6.58 Å². The molecule has 0 aromatic carbocycles. The van der Waals surface area contributed by atoms with Gasteiger partial charge in [-0.3, -0.25) is 0 Å². The average Bonchev–Trinajstić information content (AvgIpc) is 2.73. The first kappa shape index (κ1) is 9.50. The van der Waals surface area contributed by atoms with Gasteiger partial charge in [0, 0.05) is 12.0 Å². The lowest BCUT2D eigenvalue weighted by atomic mass is 9.85. The van der Waals surface area contributed by atoms with E-state index in [-0.39, 0.29) is 11.6 Å². The molecule has 2 rings (SSSR count). The molecule has 2 aliphatic carbocycles. The zero-order valence-corrected chi connectivity index (χ0v) is 8.37. The van der Waals surface area contributed by atoms with Crippen LogP contribution in [0.25, 0.3) is 0 Å². The molecular weight excluding hydrogens is 176 g/mol. The Bertz CT molecular complexity index is 282. The SMILES string of the molecule is C=CC(=O)OC12CCC(CC1C=C)C2. The minimum Gasteiger partial charge on any atom is -0.455 e. The molecule has 0 aromatic heterocycles. The van der Waals surface area contributed by atoms with Gasteiger partial charge in [0.05, 0.1) is 0 Å². The Morgan fingerprint density at radius 1 is 1.50 bits per heavy atom. The molecule has 3 unspecified atom stereocenters. The van der Waals surface area contributed by atoms with E-state index in [0.29, 0.717) is 5.92 Å². The van der Waals surface area contributed by atoms with Gasteiger partial charge < -0.3 is 4.74 Å². The van der Waals surface area contributed by atoms with Crippen LogP contribution in [0.2, 0.25) is 0 Å². The van der Waals surface area contributed by atoms with Crippen molar-refractivity contribution in [2.24, 2.45) is 11.8 Å². The summed E-state index contributed by atoms with van der Waals surface area (Å²) >= 11 is 0. The van der Waals surface area contributed by atoms with Crippen LogP contribution in [0.1, 0.15) is 25.7 Å². The lowest BCUT2D eigenvalue weighted by Gasteiger charge is -2.32. The van der Waals surface area contributed by atoms with Gasteiger partial charge in [0.2, 0.25) is 0 Å². The van der Waals surface area contributed by atoms with Crippen molar-refractivity contribution in [3.8, 4) is 0 Å². The summed E-state index contributed by atoms with van der Waals surface area (Å²) in [5.41, 5.74) is -0.238. The summed E-state index contributed by atoms with van der Waals surface area (Å²) in [4.78, 5) is 11.2. The fourth-order valence-electron chi connectivity index (χ4n) is 2.97. The maximum Gasteiger partial charge on any atom is 0.330 e. The first-order valence-corrected chi connectivity index (χ1v) is 5.18. The van der Waals surface area contributed by atoms with E-state index in [0.717, 1.165) is 25.2 Å². The monoisotopic (exact) mass is 192 g/mol. The molecule has 3 atom stereocenters. The highest BCUT2D eigenvalue weighted by Gasteiger charge is 2.53. The van der Waals surface area contributed by atoms with Gasteiger partial charge in [0.25, 0.3) is 0 Å². The van der Waals surface area contributed by atoms with Crippen LogP contribution in [0.4, 0.5) is 0 Å². The first-order valence-electron chi connectivity index (χ1n) is 5.18. The Morgan fingerprint density at radius 2 is 2.29 bits per heavy atom. The molecule has 2 bridgehead atoms. The Hall–Kier alpha value is -1.05. The zero-order chi connectivity index (χ0) is 10.2. The van der Waals surface area contributed by atoms with Crippen LogP contribution in [0.3, 0.4) is 0 Å². The molecule has 76 valence electrons. The normalized spacial score (nSPS) is 39.4. The van der Waals surface area contributed by atoms with Gasteiger partial charge in [0.1, 0.15) is 5.60 Å². The summed E-state index contributed by atoms with van der Waals surface area (Å²) in [7, 11) is 0. The van der Waals surface area contributed by atoms with Crippen molar-refractivity contribution >= 4 is 5.97 Å². The van der Waals surface area contributed by atoms with Crippen molar-refractivity contribution in [1.82, 2.24) is 0 Å². The molecule has 2 saturated carbocycles. The molecule has 0 spiro atoms. The topological polar surface area (TPSA) is 26.3 Å². The van der Waals surface area contributed by atoms with Crippen molar-refractivity contribution < 1.29 is 9.53 Å². The molecule has 0 saturated heterocycles. The minimum atomic E-state index is -0.292. The van der Waals surface area contributed by atoms with E-state index in [2.05, 4.69) is 13.2 Å². The van der Waals surface area contributed by atoms with Gasteiger partial charge >= 0.3 is 5.97 Å². The summed E-state index contributed by atoms with van der Waals surface area (Å²) in [6.07, 6.45) is 7.52. The van der Waals surface area contributed by atoms with Gasteiger partial charge in [-0.2, -0.15) is 0 Å². The smallest absolute Gasteiger partial charge is 0.330 e. The van der Waals surface area contributed by atoms with E-state index in [9.17, 15) is 4.79 Å². The van der Waals surface area contributed by atoms with Gasteiger partial charge in [0.15, 0.2) is 0 Å². The second-order valence-corrected chi connectivity index (χ2v) is 4.38. The number of ether oxygens (including phenoxy) is 1. The molecular formula is C12H16O2. The van der Waals surface area contributed by atoms with E-state index < -0.39 is 0 Å². The molecule has 0 aromatic rings. The molecule has 0 radical (unpaired) electrons. The number of hydrogen-bond acceptors (Lipinski definition) is 2. The third-order valence-corrected chi connectivity index (χ3v) is 3.63. The van der Waals surface area contributed by atoms with Gasteiger partial charge in [-0.05, 0) is 31.6 Å². The molecule has 0 aliphatic heterocycles. The van der Waals surface area contributed by atoms with E-state index in [1.54, 1.807) is 0 Å². The number of hydrogen-bond donors (Lipinski definition) is 0. The molecule has 0 heterocycles. The summed E-state index contributed by atoms with van der Waals surface area (Å²) < 4.78 is 5.51. The molecule has 14 heavy (non-hydrogen) atoms. The highest BCUT2D eigenvalue weighted by Crippen LogP contribution is 2.54. The van der Waals surface area contributed by atoms with E-state index in [1.165, 1.54) is 12.5 Å². The fourth-order valence-corrected chi connectivity index (χ4v) is 2.97. The summed E-state index contributed by atoms with van der Waals surface area (Å²) in [6.45, 7) is 7.25. The average molecular weight is 192 g/mol. The van der Waals surface area contributed by atoms with Crippen molar-refractivity contribution in [1.29, 1.82) is 0 Å². The Balaban J connectivity index is 2.15. The van der Waals surface area contributed by atoms with Gasteiger partial charge in [-0.25, -0.2) is 4.79 Å². The summed E-state index contributed by atoms with van der Waals surface area (Å²) in [5.74, 6) is 0.792. The number of carbonyl (C=O) groups is 1. The predicted molar refractivity (Wildman–Crippen MR) is 54.7 cm³/mol. The van der Waals surface area contributed by atoms with Crippen molar-refractivity contribution in [2.45, 2.75) is 31.3 Å². The van der Waals surface area contributed by atoms with Crippen LogP contribution >= 0.6 is 0 Å². The number of carbonyl (C=O) groups excluding carboxylic acids is 1. The molecule has 2 heteroatoms. The Morgan fingerprint density at radius 3 is 2.86 bits per heavy atom. The quantitative estimate of drug-likeness (QED) is 0.390. The Labute approximate surface area is 84.6 Å². The van der Waals surface area contributed by atoms with Crippen molar-refractivity contribution in [3.05, 3.63) is 25.3 Å². The molecule has 2 nitrogen and oxygen atoms in total. The number of rotatable bonds is 3. The van der Waals surface area contributed by atoms with Crippen LogP contribution in [-0.2, 0) is 9.53 Å². The third-order valence-electron chi connectivity index (χ3n) is 3.63. The summed E-state index contributed by atoms with van der Waals surface area (Å²) in [6, 6.07) is 0. The van der Waals surface area contributed by atoms with Gasteiger partial charge in [-0.1, -0.05) is 12.7 Å². The third kappa shape index (κ3) is 1.29. The lowest BCUT2D eigenvalue weighted by Crippen LogP contribution is -2.36. The van der Waals surface area contributed by atoms with Crippen LogP contribution in [0.5, 0.6) is 0 Å². The maximum atomic E-state index is 11.2. The van der Waals surface area contributed by atoms with Crippen molar-refractivity contribution in [3.63, 3.8) is 0 Å². The second kappa shape index (κ2) is 3.26. The Kier molecular flexibility index (Phi) is 2.22. The van der Waals surface area contributed by atoms with Crippen LogP contribution in [0.15, 0.2) is 25.3 Å². The highest BCUT2D eigenvalue weighted by molar-refractivity contribution is 5.81. The predicted octanol–water partition coefficient (Wildman–Crippen LogP) is 2.46. The standard InChI is InChI=1S/C12H16O2/c1-3-10-7-9-5-6-12(10,8-9)14-11(13)4-2/h3-4,9-10H,1-2,5-8H2. The van der Waals surface area contributed by atoms with Crippen LogP contribution in [0, 0.1) is 11.8 Å². The minimum absolute atomic E-state index is 0.238. The highest BCUT2D eigenvalue weighted by atomic mass is 16.6.